The largest absolute Gasteiger partial charge is 0.491 e. The molecule has 162 valence electrons. The molecule has 0 unspecified atom stereocenters. The zero-order chi connectivity index (χ0) is 21.3. The number of hydrogen-bond acceptors (Lipinski definition) is 5. The van der Waals surface area contributed by atoms with Gasteiger partial charge in [-0.25, -0.2) is 0 Å². The lowest BCUT2D eigenvalue weighted by Crippen LogP contribution is -2.48. The number of carbonyl (C=O) groups excluding carboxylic acids is 2. The van der Waals surface area contributed by atoms with Crippen molar-refractivity contribution in [3.05, 3.63) is 52.2 Å². The molecule has 0 N–H and O–H groups in total. The Labute approximate surface area is 182 Å². The predicted molar refractivity (Wildman–Crippen MR) is 118 cm³/mol. The molecule has 1 aliphatic rings. The fourth-order valence-electron chi connectivity index (χ4n) is 3.74. The standard InChI is InChI=1S/C23H30N2O4S/c1-3-22(26)24(12-7-14-28-2)16-23(27)25-13-10-21-19(11-15-30-21)20(25)17-29-18-8-5-4-6-9-18/h4-6,8-9,11,15,20H,3,7,10,12-14,16-17H2,1-2H3/t20-/m0/s1. The molecule has 1 aromatic carbocycles. The number of para-hydroxylation sites is 1. The topological polar surface area (TPSA) is 59.1 Å². The zero-order valence-electron chi connectivity index (χ0n) is 17.7. The fraction of sp³-hybridized carbons (Fsp3) is 0.478. The summed E-state index contributed by atoms with van der Waals surface area (Å²) in [5.74, 6) is 0.743. The minimum atomic E-state index is -0.148. The molecular formula is C23H30N2O4S. The first kappa shape index (κ1) is 22.3. The van der Waals surface area contributed by atoms with Gasteiger partial charge >= 0.3 is 0 Å². The van der Waals surface area contributed by atoms with Gasteiger partial charge in [0.05, 0.1) is 12.6 Å². The van der Waals surface area contributed by atoms with E-state index >= 15 is 0 Å². The Morgan fingerprint density at radius 3 is 2.77 bits per heavy atom. The SMILES string of the molecule is CCC(=O)N(CCCOC)CC(=O)N1CCc2sccc2[C@@H]1COc1ccccc1. The van der Waals surface area contributed by atoms with E-state index in [4.69, 9.17) is 9.47 Å². The molecule has 0 fully saturated rings. The van der Waals surface area contributed by atoms with E-state index in [2.05, 4.69) is 11.4 Å². The van der Waals surface area contributed by atoms with Crippen molar-refractivity contribution in [3.8, 4) is 5.75 Å². The molecule has 0 spiro atoms. The molecule has 0 saturated carbocycles. The van der Waals surface area contributed by atoms with Crippen molar-refractivity contribution in [2.75, 3.05) is 40.0 Å². The fourth-order valence-corrected chi connectivity index (χ4v) is 4.66. The van der Waals surface area contributed by atoms with E-state index in [1.807, 2.05) is 42.2 Å². The van der Waals surface area contributed by atoms with Crippen molar-refractivity contribution in [1.29, 1.82) is 0 Å². The second-order valence-corrected chi connectivity index (χ2v) is 8.29. The number of nitrogens with zero attached hydrogens (tertiary/aromatic N) is 2. The number of hydrogen-bond donors (Lipinski definition) is 0. The molecule has 0 aliphatic carbocycles. The molecule has 6 nitrogen and oxygen atoms in total. The maximum Gasteiger partial charge on any atom is 0.242 e. The molecule has 0 radical (unpaired) electrons. The highest BCUT2D eigenvalue weighted by atomic mass is 32.1. The van der Waals surface area contributed by atoms with Crippen LogP contribution in [0.5, 0.6) is 5.75 Å². The lowest BCUT2D eigenvalue weighted by atomic mass is 10.0. The van der Waals surface area contributed by atoms with Crippen LogP contribution in [0.2, 0.25) is 0 Å². The van der Waals surface area contributed by atoms with Crippen LogP contribution in [-0.2, 0) is 20.7 Å². The third-order valence-electron chi connectivity index (χ3n) is 5.32. The number of carbonyl (C=O) groups is 2. The maximum atomic E-state index is 13.3. The third-order valence-corrected chi connectivity index (χ3v) is 6.32. The second-order valence-electron chi connectivity index (χ2n) is 7.29. The van der Waals surface area contributed by atoms with E-state index in [0.717, 1.165) is 17.7 Å². The Bertz CT molecular complexity index is 824. The number of ether oxygens (including phenoxy) is 2. The first-order chi connectivity index (χ1) is 14.6. The molecule has 0 saturated heterocycles. The molecule has 1 aromatic heterocycles. The number of fused-ring (bicyclic) bond motifs is 1. The number of benzene rings is 1. The highest BCUT2D eigenvalue weighted by molar-refractivity contribution is 7.10. The lowest BCUT2D eigenvalue weighted by Gasteiger charge is -2.37. The predicted octanol–water partition coefficient (Wildman–Crippen LogP) is 3.53. The van der Waals surface area contributed by atoms with Gasteiger partial charge in [-0.1, -0.05) is 25.1 Å². The first-order valence-electron chi connectivity index (χ1n) is 10.4. The van der Waals surface area contributed by atoms with Crippen LogP contribution >= 0.6 is 11.3 Å². The molecule has 1 atom stereocenters. The normalized spacial score (nSPS) is 15.5. The zero-order valence-corrected chi connectivity index (χ0v) is 18.5. The minimum Gasteiger partial charge on any atom is -0.491 e. The minimum absolute atomic E-state index is 0.00947. The van der Waals surface area contributed by atoms with Gasteiger partial charge in [0.15, 0.2) is 0 Å². The van der Waals surface area contributed by atoms with Crippen molar-refractivity contribution in [3.63, 3.8) is 0 Å². The van der Waals surface area contributed by atoms with Crippen LogP contribution in [0.25, 0.3) is 0 Å². The molecule has 2 heterocycles. The van der Waals surface area contributed by atoms with E-state index in [1.54, 1.807) is 23.3 Å². The van der Waals surface area contributed by atoms with E-state index in [0.29, 0.717) is 39.1 Å². The summed E-state index contributed by atoms with van der Waals surface area (Å²) in [6.45, 7) is 4.04. The van der Waals surface area contributed by atoms with E-state index < -0.39 is 0 Å². The summed E-state index contributed by atoms with van der Waals surface area (Å²) >= 11 is 1.73. The first-order valence-corrected chi connectivity index (χ1v) is 11.3. The quantitative estimate of drug-likeness (QED) is 0.541. The van der Waals surface area contributed by atoms with Gasteiger partial charge in [-0.2, -0.15) is 0 Å². The van der Waals surface area contributed by atoms with Crippen molar-refractivity contribution in [1.82, 2.24) is 9.80 Å². The van der Waals surface area contributed by atoms with Crippen LogP contribution in [0.3, 0.4) is 0 Å². The lowest BCUT2D eigenvalue weighted by molar-refractivity contribution is -0.142. The maximum absolute atomic E-state index is 13.3. The Morgan fingerprint density at radius 1 is 1.23 bits per heavy atom. The molecule has 2 amide bonds. The molecule has 7 heteroatoms. The molecule has 0 bridgehead atoms. The van der Waals surface area contributed by atoms with E-state index in [9.17, 15) is 9.59 Å². The summed E-state index contributed by atoms with van der Waals surface area (Å²) in [5.41, 5.74) is 1.16. The Morgan fingerprint density at radius 2 is 2.03 bits per heavy atom. The summed E-state index contributed by atoms with van der Waals surface area (Å²) in [4.78, 5) is 30.5. The van der Waals surface area contributed by atoms with Crippen molar-refractivity contribution >= 4 is 23.2 Å². The van der Waals surface area contributed by atoms with Crippen LogP contribution in [0.4, 0.5) is 0 Å². The molecule has 30 heavy (non-hydrogen) atoms. The summed E-state index contributed by atoms with van der Waals surface area (Å²) in [6.07, 6.45) is 1.94. The number of amides is 2. The van der Waals surface area contributed by atoms with Crippen molar-refractivity contribution in [2.24, 2.45) is 0 Å². The number of methoxy groups -OCH3 is 1. The van der Waals surface area contributed by atoms with Gasteiger partial charge in [0.1, 0.15) is 12.4 Å². The number of thiophene rings is 1. The average Bonchev–Trinajstić information content (AvgIpc) is 3.26. The number of rotatable bonds is 10. The van der Waals surface area contributed by atoms with Crippen LogP contribution < -0.4 is 4.74 Å². The van der Waals surface area contributed by atoms with Gasteiger partial charge in [-0.15, -0.1) is 11.3 Å². The van der Waals surface area contributed by atoms with Crippen LogP contribution in [0.15, 0.2) is 41.8 Å². The second kappa shape index (κ2) is 11.1. The van der Waals surface area contributed by atoms with Gasteiger partial charge in [0, 0.05) is 38.1 Å². The summed E-state index contributed by atoms with van der Waals surface area (Å²) in [5, 5.41) is 2.08. The molecule has 3 rings (SSSR count). The van der Waals surface area contributed by atoms with Gasteiger partial charge < -0.3 is 19.3 Å². The third kappa shape index (κ3) is 5.61. The van der Waals surface area contributed by atoms with Crippen LogP contribution in [-0.4, -0.2) is 61.6 Å². The summed E-state index contributed by atoms with van der Waals surface area (Å²) < 4.78 is 11.1. The Hall–Kier alpha value is -2.38. The van der Waals surface area contributed by atoms with E-state index in [1.165, 1.54) is 4.88 Å². The van der Waals surface area contributed by atoms with Crippen LogP contribution in [0, 0.1) is 0 Å². The van der Waals surface area contributed by atoms with Gasteiger partial charge in [-0.05, 0) is 42.0 Å². The Balaban J connectivity index is 1.72. The smallest absolute Gasteiger partial charge is 0.242 e. The molecule has 1 aliphatic heterocycles. The Kier molecular flexibility index (Phi) is 8.28. The molecule has 2 aromatic rings. The van der Waals surface area contributed by atoms with Crippen LogP contribution in [0.1, 0.15) is 36.2 Å². The van der Waals surface area contributed by atoms with E-state index in [-0.39, 0.29) is 24.4 Å². The van der Waals surface area contributed by atoms with Crippen molar-refractivity contribution < 1.29 is 19.1 Å². The highest BCUT2D eigenvalue weighted by Crippen LogP contribution is 2.34. The average molecular weight is 431 g/mol. The summed E-state index contributed by atoms with van der Waals surface area (Å²) in [6, 6.07) is 11.6. The monoisotopic (exact) mass is 430 g/mol. The summed E-state index contributed by atoms with van der Waals surface area (Å²) in [7, 11) is 1.64. The van der Waals surface area contributed by atoms with Gasteiger partial charge in [-0.3, -0.25) is 9.59 Å². The molecular weight excluding hydrogens is 400 g/mol. The van der Waals surface area contributed by atoms with Crippen molar-refractivity contribution in [2.45, 2.75) is 32.2 Å². The van der Waals surface area contributed by atoms with Gasteiger partial charge in [0.25, 0.3) is 0 Å². The highest BCUT2D eigenvalue weighted by Gasteiger charge is 2.33. The van der Waals surface area contributed by atoms with Gasteiger partial charge in [0.2, 0.25) is 11.8 Å².